The third-order valence-electron chi connectivity index (χ3n) is 4.39. The number of rotatable bonds is 6. The first kappa shape index (κ1) is 23.4. The second kappa shape index (κ2) is 9.51. The van der Waals surface area contributed by atoms with Crippen LogP contribution in [0.4, 0.5) is 4.39 Å². The highest BCUT2D eigenvalue weighted by Crippen LogP contribution is 2.22. The molecule has 0 atom stereocenters. The predicted octanol–water partition coefficient (Wildman–Crippen LogP) is 2.06. The predicted molar refractivity (Wildman–Crippen MR) is 118 cm³/mol. The Morgan fingerprint density at radius 1 is 1.06 bits per heavy atom. The van der Waals surface area contributed by atoms with Crippen LogP contribution in [-0.2, 0) is 10.0 Å². The summed E-state index contributed by atoms with van der Waals surface area (Å²) in [5.74, 6) is -1.78. The molecule has 1 aromatic heterocycles. The first-order chi connectivity index (χ1) is 15.1. The number of carbonyl (C=O) groups is 2. The molecule has 168 valence electrons. The summed E-state index contributed by atoms with van der Waals surface area (Å²) in [6.07, 6.45) is 3.11. The summed E-state index contributed by atoms with van der Waals surface area (Å²) < 4.78 is 40.4. The number of benzene rings is 2. The van der Waals surface area contributed by atoms with Gasteiger partial charge in [-0.1, -0.05) is 17.8 Å². The Kier molecular flexibility index (Phi) is 6.96. The van der Waals surface area contributed by atoms with E-state index in [4.69, 9.17) is 0 Å². The highest BCUT2D eigenvalue weighted by atomic mass is 32.2. The van der Waals surface area contributed by atoms with Crippen molar-refractivity contribution in [3.05, 3.63) is 71.8 Å². The van der Waals surface area contributed by atoms with Gasteiger partial charge in [0.05, 0.1) is 11.1 Å². The van der Waals surface area contributed by atoms with Crippen LogP contribution in [0.25, 0.3) is 5.69 Å². The normalized spacial score (nSPS) is 11.4. The van der Waals surface area contributed by atoms with E-state index in [9.17, 15) is 22.4 Å². The largest absolute Gasteiger partial charge is 0.288 e. The Morgan fingerprint density at radius 2 is 1.72 bits per heavy atom. The Balaban J connectivity index is 1.79. The SMILES string of the molecule is CSc1ncc(C(=O)NNC(=O)c2cccc(S(=O)(=O)N(C)C)c2)n1-c1ccc(F)cc1. The molecule has 2 amide bonds. The molecule has 0 fully saturated rings. The van der Waals surface area contributed by atoms with Gasteiger partial charge in [0.15, 0.2) is 5.16 Å². The van der Waals surface area contributed by atoms with Crippen molar-refractivity contribution >= 4 is 33.6 Å². The second-order valence-electron chi connectivity index (χ2n) is 6.67. The molecule has 1 heterocycles. The lowest BCUT2D eigenvalue weighted by Crippen LogP contribution is -2.42. The Labute approximate surface area is 188 Å². The molecule has 12 heteroatoms. The zero-order valence-electron chi connectivity index (χ0n) is 17.4. The number of amides is 2. The van der Waals surface area contributed by atoms with E-state index in [1.165, 1.54) is 85.2 Å². The molecule has 3 aromatic rings. The average molecular weight is 478 g/mol. The molecule has 0 spiro atoms. The van der Waals surface area contributed by atoms with Crippen LogP contribution in [0.3, 0.4) is 0 Å². The maximum atomic E-state index is 13.3. The third-order valence-corrected chi connectivity index (χ3v) is 6.86. The lowest BCUT2D eigenvalue weighted by molar-refractivity contribution is 0.0842. The van der Waals surface area contributed by atoms with E-state index in [1.807, 2.05) is 0 Å². The van der Waals surface area contributed by atoms with E-state index in [1.54, 1.807) is 6.26 Å². The molecular weight excluding hydrogens is 457 g/mol. The summed E-state index contributed by atoms with van der Waals surface area (Å²) in [6, 6.07) is 11.0. The molecular formula is C20H20FN5O4S2. The van der Waals surface area contributed by atoms with Crippen molar-refractivity contribution < 1.29 is 22.4 Å². The van der Waals surface area contributed by atoms with Crippen LogP contribution < -0.4 is 10.9 Å². The molecule has 32 heavy (non-hydrogen) atoms. The van der Waals surface area contributed by atoms with Crippen LogP contribution in [0.1, 0.15) is 20.8 Å². The van der Waals surface area contributed by atoms with Gasteiger partial charge in [0.2, 0.25) is 10.0 Å². The lowest BCUT2D eigenvalue weighted by atomic mass is 10.2. The van der Waals surface area contributed by atoms with Crippen LogP contribution in [0.5, 0.6) is 0 Å². The van der Waals surface area contributed by atoms with Crippen molar-refractivity contribution in [2.75, 3.05) is 20.4 Å². The minimum absolute atomic E-state index is 0.0464. The van der Waals surface area contributed by atoms with E-state index in [0.717, 1.165) is 4.31 Å². The summed E-state index contributed by atoms with van der Waals surface area (Å²) in [7, 11) is -0.953. The topological polar surface area (TPSA) is 113 Å². The van der Waals surface area contributed by atoms with Gasteiger partial charge in [-0.15, -0.1) is 0 Å². The zero-order valence-corrected chi connectivity index (χ0v) is 19.0. The molecule has 0 bridgehead atoms. The monoisotopic (exact) mass is 477 g/mol. The minimum atomic E-state index is -3.72. The number of halogens is 1. The summed E-state index contributed by atoms with van der Waals surface area (Å²) in [5.41, 5.74) is 5.24. The van der Waals surface area contributed by atoms with Crippen LogP contribution in [-0.4, -0.2) is 54.4 Å². The van der Waals surface area contributed by atoms with Crippen molar-refractivity contribution in [3.8, 4) is 5.69 Å². The molecule has 0 unspecified atom stereocenters. The molecule has 0 saturated heterocycles. The average Bonchev–Trinajstić information content (AvgIpc) is 3.22. The first-order valence-electron chi connectivity index (χ1n) is 9.16. The number of nitrogens with zero attached hydrogens (tertiary/aromatic N) is 3. The van der Waals surface area contributed by atoms with Crippen molar-refractivity contribution in [3.63, 3.8) is 0 Å². The zero-order chi connectivity index (χ0) is 23.5. The minimum Gasteiger partial charge on any atom is -0.283 e. The van der Waals surface area contributed by atoms with Gasteiger partial charge < -0.3 is 0 Å². The van der Waals surface area contributed by atoms with Gasteiger partial charge in [-0.05, 0) is 48.7 Å². The molecule has 0 aliphatic rings. The van der Waals surface area contributed by atoms with Gasteiger partial charge in [-0.3, -0.25) is 25.0 Å². The van der Waals surface area contributed by atoms with Crippen LogP contribution in [0.2, 0.25) is 0 Å². The van der Waals surface area contributed by atoms with E-state index >= 15 is 0 Å². The van der Waals surface area contributed by atoms with Gasteiger partial charge in [-0.25, -0.2) is 22.1 Å². The molecule has 0 saturated carbocycles. The van der Waals surface area contributed by atoms with Crippen molar-refractivity contribution in [1.29, 1.82) is 0 Å². The van der Waals surface area contributed by atoms with E-state index in [2.05, 4.69) is 15.8 Å². The van der Waals surface area contributed by atoms with Crippen molar-refractivity contribution in [2.45, 2.75) is 10.1 Å². The molecule has 3 rings (SSSR count). The highest BCUT2D eigenvalue weighted by Gasteiger charge is 2.21. The van der Waals surface area contributed by atoms with Crippen LogP contribution >= 0.6 is 11.8 Å². The van der Waals surface area contributed by atoms with Crippen LogP contribution in [0.15, 0.2) is 64.8 Å². The molecule has 9 nitrogen and oxygen atoms in total. The number of hydrazine groups is 1. The standard InChI is InChI=1S/C20H20FN5O4S2/c1-25(2)32(29,30)16-6-4-5-13(11-16)18(27)23-24-19(28)17-12-22-20(31-3)26(17)15-9-7-14(21)8-10-15/h4-12H,1-3H3,(H,23,27)(H,24,28). The summed E-state index contributed by atoms with van der Waals surface area (Å²) in [5, 5.41) is 0.495. The Hall–Kier alpha value is -3.22. The van der Waals surface area contributed by atoms with Crippen molar-refractivity contribution in [2.24, 2.45) is 0 Å². The number of thioether (sulfide) groups is 1. The fraction of sp³-hybridized carbons (Fsp3) is 0.150. The number of nitrogens with one attached hydrogen (secondary N) is 2. The van der Waals surface area contributed by atoms with Gasteiger partial charge in [0, 0.05) is 25.3 Å². The number of hydrogen-bond donors (Lipinski definition) is 2. The number of carbonyl (C=O) groups excluding carboxylic acids is 2. The Bertz CT molecular complexity index is 1260. The first-order valence-corrected chi connectivity index (χ1v) is 11.8. The molecule has 0 radical (unpaired) electrons. The number of aromatic nitrogens is 2. The quantitative estimate of drug-likeness (QED) is 0.415. The molecule has 0 aliphatic carbocycles. The Morgan fingerprint density at radius 3 is 2.34 bits per heavy atom. The maximum absolute atomic E-state index is 13.3. The van der Waals surface area contributed by atoms with Crippen molar-refractivity contribution in [1.82, 2.24) is 24.7 Å². The number of sulfonamides is 1. The lowest BCUT2D eigenvalue weighted by Gasteiger charge is -2.13. The highest BCUT2D eigenvalue weighted by molar-refractivity contribution is 7.98. The molecule has 0 aliphatic heterocycles. The summed E-state index contributed by atoms with van der Waals surface area (Å²) in [6.45, 7) is 0. The van der Waals surface area contributed by atoms with Gasteiger partial charge in [0.1, 0.15) is 11.5 Å². The molecule has 2 N–H and O–H groups in total. The van der Waals surface area contributed by atoms with Gasteiger partial charge in [-0.2, -0.15) is 0 Å². The molecule has 2 aromatic carbocycles. The fourth-order valence-corrected chi connectivity index (χ4v) is 4.23. The summed E-state index contributed by atoms with van der Waals surface area (Å²) in [4.78, 5) is 29.3. The van der Waals surface area contributed by atoms with E-state index < -0.39 is 27.7 Å². The van der Waals surface area contributed by atoms with Gasteiger partial charge >= 0.3 is 0 Å². The third kappa shape index (κ3) is 4.82. The van der Waals surface area contributed by atoms with Crippen LogP contribution in [0, 0.1) is 5.82 Å². The summed E-state index contributed by atoms with van der Waals surface area (Å²) >= 11 is 1.29. The van der Waals surface area contributed by atoms with E-state index in [-0.39, 0.29) is 16.2 Å². The van der Waals surface area contributed by atoms with E-state index in [0.29, 0.717) is 10.8 Å². The second-order valence-corrected chi connectivity index (χ2v) is 9.59. The smallest absolute Gasteiger partial charge is 0.283 e. The fourth-order valence-electron chi connectivity index (χ4n) is 2.74. The number of imidazole rings is 1. The number of hydrogen-bond acceptors (Lipinski definition) is 6. The van der Waals surface area contributed by atoms with Gasteiger partial charge in [0.25, 0.3) is 11.8 Å². The maximum Gasteiger partial charge on any atom is 0.288 e.